The zero-order chi connectivity index (χ0) is 25.9. The summed E-state index contributed by atoms with van der Waals surface area (Å²) >= 11 is 0. The van der Waals surface area contributed by atoms with Crippen molar-refractivity contribution in [3.63, 3.8) is 0 Å². The largest absolute Gasteiger partial charge is 0.497 e. The predicted molar refractivity (Wildman–Crippen MR) is 141 cm³/mol. The number of carbonyl (C=O) groups is 1. The van der Waals surface area contributed by atoms with Crippen LogP contribution in [0.1, 0.15) is 36.9 Å². The van der Waals surface area contributed by atoms with Crippen molar-refractivity contribution in [1.29, 1.82) is 0 Å². The highest BCUT2D eigenvalue weighted by molar-refractivity contribution is 6.01. The minimum atomic E-state index is -0.492. The Kier molecular flexibility index (Phi) is 6.64. The van der Waals surface area contributed by atoms with E-state index in [4.69, 9.17) is 19.0 Å². The van der Waals surface area contributed by atoms with Crippen LogP contribution in [-0.4, -0.2) is 29.9 Å². The zero-order valence-corrected chi connectivity index (χ0v) is 21.2. The summed E-state index contributed by atoms with van der Waals surface area (Å²) in [5, 5.41) is 7.37. The molecule has 2 heterocycles. The van der Waals surface area contributed by atoms with E-state index in [1.54, 1.807) is 12.0 Å². The molecule has 0 aliphatic carbocycles. The van der Waals surface area contributed by atoms with Crippen molar-refractivity contribution in [2.75, 3.05) is 18.6 Å². The van der Waals surface area contributed by atoms with E-state index in [9.17, 15) is 4.79 Å². The van der Waals surface area contributed by atoms with Gasteiger partial charge in [-0.25, -0.2) is 4.79 Å². The highest BCUT2D eigenvalue weighted by Crippen LogP contribution is 2.39. The second-order valence-electron chi connectivity index (χ2n) is 8.71. The fourth-order valence-corrected chi connectivity index (χ4v) is 4.39. The number of anilines is 1. The van der Waals surface area contributed by atoms with E-state index in [2.05, 4.69) is 10.5 Å². The van der Waals surface area contributed by atoms with Gasteiger partial charge in [0.2, 0.25) is 5.82 Å². The molecule has 1 aliphatic heterocycles. The Hall–Kier alpha value is -4.59. The van der Waals surface area contributed by atoms with Crippen LogP contribution in [0.3, 0.4) is 0 Å². The normalized spacial score (nSPS) is 15.5. The number of aromatic nitrogens is 2. The number of nitrogens with one attached hydrogen (secondary N) is 1. The molecule has 0 saturated heterocycles. The smallest absolute Gasteiger partial charge is 0.326 e. The Morgan fingerprint density at radius 3 is 2.27 bits per heavy atom. The van der Waals surface area contributed by atoms with E-state index in [1.807, 2.05) is 93.6 Å². The molecule has 2 amide bonds. The van der Waals surface area contributed by atoms with Crippen LogP contribution in [0.4, 0.5) is 10.5 Å². The van der Waals surface area contributed by atoms with Gasteiger partial charge in [0, 0.05) is 11.3 Å². The van der Waals surface area contributed by atoms with E-state index < -0.39 is 6.04 Å². The van der Waals surface area contributed by atoms with Crippen LogP contribution >= 0.6 is 0 Å². The maximum absolute atomic E-state index is 13.4. The molecule has 8 heteroatoms. The van der Waals surface area contributed by atoms with Gasteiger partial charge in [0.05, 0.1) is 31.0 Å². The van der Waals surface area contributed by atoms with Crippen molar-refractivity contribution in [3.8, 4) is 22.9 Å². The van der Waals surface area contributed by atoms with E-state index in [0.717, 1.165) is 39.4 Å². The summed E-state index contributed by atoms with van der Waals surface area (Å²) in [5.41, 5.74) is 4.94. The maximum atomic E-state index is 13.4. The van der Waals surface area contributed by atoms with Crippen molar-refractivity contribution in [2.24, 2.45) is 0 Å². The van der Waals surface area contributed by atoms with Gasteiger partial charge in [-0.05, 0) is 74.9 Å². The second kappa shape index (κ2) is 10.2. The SMILES string of the molecule is CCOc1ccc(-c2noc(C3=C(C)N(c4ccc(C)cc4)C(=O)NC3c3ccc(OC)cc3)n2)cc1. The Bertz CT molecular complexity index is 1420. The lowest BCUT2D eigenvalue weighted by atomic mass is 9.94. The summed E-state index contributed by atoms with van der Waals surface area (Å²) in [6.45, 7) is 6.44. The Balaban J connectivity index is 1.59. The van der Waals surface area contributed by atoms with E-state index in [0.29, 0.717) is 24.0 Å². The molecule has 0 spiro atoms. The molecule has 5 rings (SSSR count). The van der Waals surface area contributed by atoms with E-state index in [-0.39, 0.29) is 6.03 Å². The minimum absolute atomic E-state index is 0.239. The van der Waals surface area contributed by atoms with Gasteiger partial charge >= 0.3 is 6.03 Å². The summed E-state index contributed by atoms with van der Waals surface area (Å²) in [4.78, 5) is 19.7. The number of rotatable bonds is 7. The summed E-state index contributed by atoms with van der Waals surface area (Å²) in [7, 11) is 1.62. The third-order valence-corrected chi connectivity index (χ3v) is 6.31. The first kappa shape index (κ1) is 24.1. The van der Waals surface area contributed by atoms with Crippen LogP contribution in [0.15, 0.2) is 83.0 Å². The van der Waals surface area contributed by atoms with Crippen LogP contribution in [0.5, 0.6) is 11.5 Å². The van der Waals surface area contributed by atoms with Crippen LogP contribution in [0, 0.1) is 6.92 Å². The first-order valence-electron chi connectivity index (χ1n) is 12.1. The average Bonchev–Trinajstić information content (AvgIpc) is 3.40. The Morgan fingerprint density at radius 1 is 0.946 bits per heavy atom. The standard InChI is InChI=1S/C29H28N4O4/c1-5-36-24-16-10-21(11-17-24)27-31-28(37-32-27)25-19(3)33(22-12-6-18(2)7-13-22)29(34)30-26(25)20-8-14-23(35-4)15-9-20/h6-17,26H,5H2,1-4H3,(H,30,34). The summed E-state index contributed by atoms with van der Waals surface area (Å²) < 4.78 is 16.6. The summed E-state index contributed by atoms with van der Waals surface area (Å²) in [5.74, 6) is 2.28. The maximum Gasteiger partial charge on any atom is 0.326 e. The Labute approximate surface area is 215 Å². The van der Waals surface area contributed by atoms with Crippen molar-refractivity contribution in [3.05, 3.63) is 95.5 Å². The molecular weight excluding hydrogens is 468 g/mol. The topological polar surface area (TPSA) is 89.7 Å². The lowest BCUT2D eigenvalue weighted by Crippen LogP contribution is -2.46. The number of hydrogen-bond acceptors (Lipinski definition) is 6. The van der Waals surface area contributed by atoms with Crippen molar-refractivity contribution in [2.45, 2.75) is 26.8 Å². The molecular formula is C29H28N4O4. The van der Waals surface area contributed by atoms with E-state index in [1.165, 1.54) is 0 Å². The molecule has 1 aliphatic rings. The molecule has 8 nitrogen and oxygen atoms in total. The molecule has 37 heavy (non-hydrogen) atoms. The number of aryl methyl sites for hydroxylation is 1. The predicted octanol–water partition coefficient (Wildman–Crippen LogP) is 6.15. The van der Waals surface area contributed by atoms with Gasteiger partial charge in [-0.3, -0.25) is 4.90 Å². The molecule has 1 atom stereocenters. The zero-order valence-electron chi connectivity index (χ0n) is 21.2. The second-order valence-corrected chi connectivity index (χ2v) is 8.71. The average molecular weight is 497 g/mol. The molecule has 188 valence electrons. The molecule has 0 bridgehead atoms. The lowest BCUT2D eigenvalue weighted by molar-refractivity contribution is 0.244. The molecule has 0 radical (unpaired) electrons. The van der Waals surface area contributed by atoms with Crippen LogP contribution in [0.25, 0.3) is 17.0 Å². The third-order valence-electron chi connectivity index (χ3n) is 6.31. The van der Waals surface area contributed by atoms with Crippen molar-refractivity contribution < 1.29 is 18.8 Å². The third kappa shape index (κ3) is 4.78. The number of ether oxygens (including phenoxy) is 2. The van der Waals surface area contributed by atoms with Crippen molar-refractivity contribution >= 4 is 17.3 Å². The number of carbonyl (C=O) groups excluding carboxylic acids is 1. The Morgan fingerprint density at radius 2 is 1.62 bits per heavy atom. The number of allylic oxidation sites excluding steroid dienone is 1. The fraction of sp³-hybridized carbons (Fsp3) is 0.207. The van der Waals surface area contributed by atoms with E-state index >= 15 is 0 Å². The first-order chi connectivity index (χ1) is 18.0. The number of benzene rings is 3. The van der Waals surface area contributed by atoms with Crippen LogP contribution in [0.2, 0.25) is 0 Å². The highest BCUT2D eigenvalue weighted by Gasteiger charge is 2.36. The van der Waals surface area contributed by atoms with Crippen molar-refractivity contribution in [1.82, 2.24) is 15.5 Å². The lowest BCUT2D eigenvalue weighted by Gasteiger charge is -2.35. The number of hydrogen-bond donors (Lipinski definition) is 1. The van der Waals surface area contributed by atoms with Crippen LogP contribution < -0.4 is 19.7 Å². The summed E-state index contributed by atoms with van der Waals surface area (Å²) in [6.07, 6.45) is 0. The molecule has 0 saturated carbocycles. The molecule has 1 aromatic heterocycles. The quantitative estimate of drug-likeness (QED) is 0.330. The molecule has 1 unspecified atom stereocenters. The molecule has 3 aromatic carbocycles. The van der Waals surface area contributed by atoms with Gasteiger partial charge in [0.25, 0.3) is 5.89 Å². The molecule has 1 N–H and O–H groups in total. The number of urea groups is 1. The van der Waals surface area contributed by atoms with Gasteiger partial charge in [-0.1, -0.05) is 35.0 Å². The monoisotopic (exact) mass is 496 g/mol. The van der Waals surface area contributed by atoms with Gasteiger partial charge in [-0.2, -0.15) is 4.98 Å². The highest BCUT2D eigenvalue weighted by atomic mass is 16.5. The summed E-state index contributed by atoms with van der Waals surface area (Å²) in [6, 6.07) is 22.1. The number of methoxy groups -OCH3 is 1. The fourth-order valence-electron chi connectivity index (χ4n) is 4.39. The molecule has 0 fully saturated rings. The molecule has 4 aromatic rings. The number of nitrogens with zero attached hydrogens (tertiary/aromatic N) is 3. The van der Waals surface area contributed by atoms with Gasteiger partial charge in [-0.15, -0.1) is 0 Å². The van der Waals surface area contributed by atoms with Gasteiger partial charge < -0.3 is 19.3 Å². The minimum Gasteiger partial charge on any atom is -0.497 e. The van der Waals surface area contributed by atoms with Gasteiger partial charge in [0.15, 0.2) is 0 Å². The van der Waals surface area contributed by atoms with Crippen LogP contribution in [-0.2, 0) is 0 Å². The van der Waals surface area contributed by atoms with Gasteiger partial charge in [0.1, 0.15) is 11.5 Å². The number of amides is 2. The first-order valence-corrected chi connectivity index (χ1v) is 12.1.